The Morgan fingerprint density at radius 1 is 0.714 bits per heavy atom. The molecule has 0 fully saturated rings. The summed E-state index contributed by atoms with van der Waals surface area (Å²) in [6.45, 7) is 0. The molecule has 7 heavy (non-hydrogen) atoms. The van der Waals surface area contributed by atoms with Crippen LogP contribution in [0.5, 0.6) is 0 Å². The van der Waals surface area contributed by atoms with Gasteiger partial charge in [-0.15, -0.1) is 0 Å². The molecule has 0 aromatic rings. The van der Waals surface area contributed by atoms with E-state index in [1.54, 1.807) is 0 Å². The van der Waals surface area contributed by atoms with Crippen molar-refractivity contribution in [2.75, 3.05) is 0 Å². The summed E-state index contributed by atoms with van der Waals surface area (Å²) in [5.41, 5.74) is 0. The summed E-state index contributed by atoms with van der Waals surface area (Å²) in [4.78, 5) is 0. The van der Waals surface area contributed by atoms with Gasteiger partial charge in [-0.1, -0.05) is 0 Å². The van der Waals surface area contributed by atoms with Gasteiger partial charge < -0.3 is 15.1 Å². The molecule has 0 saturated carbocycles. The normalized spacial score (nSPS) is 3.86. The molecule has 0 saturated heterocycles. The van der Waals surface area contributed by atoms with Crippen LogP contribution in [-0.2, 0) is 0 Å². The van der Waals surface area contributed by atoms with Gasteiger partial charge in [0, 0.05) is 0 Å². The Labute approximate surface area is 56.0 Å². The molecular weight excluding hydrogens is 143 g/mol. The summed E-state index contributed by atoms with van der Waals surface area (Å²) in [6, 6.07) is 0. The van der Waals surface area contributed by atoms with E-state index >= 15 is 0 Å². The molecule has 0 amide bonds. The van der Waals surface area contributed by atoms with Gasteiger partial charge in [-0.25, -0.2) is 0 Å². The lowest BCUT2D eigenvalue weighted by molar-refractivity contribution is -0.479. The summed E-state index contributed by atoms with van der Waals surface area (Å²) >= 11 is 0. The molecule has 0 rings (SSSR count). The highest BCUT2D eigenvalue weighted by molar-refractivity contribution is 6.24. The fourth-order valence-electron chi connectivity index (χ4n) is 0. The van der Waals surface area contributed by atoms with Gasteiger partial charge in [0.1, 0.15) is 0 Å². The SMILES string of the molecule is [O-]B([O-])[O-].[SiH3+].[SiH3+].[SiH3+]. The van der Waals surface area contributed by atoms with Crippen LogP contribution in [0.1, 0.15) is 0 Å². The average molecular weight is 152 g/mol. The maximum Gasteiger partial charge on any atom is 0.267 e. The predicted octanol–water partition coefficient (Wildman–Crippen LogP) is -7.50. The number of rotatable bonds is 0. The topological polar surface area (TPSA) is 69.2 Å². The first kappa shape index (κ1) is 25.6. The standard InChI is InChI=1S/BO3.3H3Si/c2-1(3)4;;;/h;3*1H3/q-3;3*+1. The second kappa shape index (κ2) is 16.0. The van der Waals surface area contributed by atoms with E-state index in [-0.39, 0.29) is 32.9 Å². The first-order valence-corrected chi connectivity index (χ1v) is 0.707. The monoisotopic (exact) mass is 152 g/mol. The minimum absolute atomic E-state index is 0. The Morgan fingerprint density at radius 2 is 0.714 bits per heavy atom. The molecule has 0 aromatic carbocycles. The van der Waals surface area contributed by atoms with Crippen LogP contribution in [-0.4, -0.2) is 40.2 Å². The second-order valence-corrected chi connectivity index (χ2v) is 0.289. The van der Waals surface area contributed by atoms with E-state index in [2.05, 4.69) is 0 Å². The fourth-order valence-corrected chi connectivity index (χ4v) is 0. The molecule has 0 heterocycles. The minimum atomic E-state index is -2.92. The van der Waals surface area contributed by atoms with Crippen molar-refractivity contribution in [3.8, 4) is 0 Å². The zero-order chi connectivity index (χ0) is 3.58. The van der Waals surface area contributed by atoms with E-state index in [9.17, 15) is 0 Å². The van der Waals surface area contributed by atoms with E-state index < -0.39 is 7.32 Å². The Kier molecular flexibility index (Phi) is 58.3. The van der Waals surface area contributed by atoms with Crippen LogP contribution in [0.25, 0.3) is 0 Å². The van der Waals surface area contributed by atoms with Crippen molar-refractivity contribution >= 4 is 40.2 Å². The summed E-state index contributed by atoms with van der Waals surface area (Å²) in [6.07, 6.45) is 0. The van der Waals surface area contributed by atoms with Crippen molar-refractivity contribution in [1.82, 2.24) is 0 Å². The average Bonchev–Trinajstić information content (AvgIpc) is 0.811. The van der Waals surface area contributed by atoms with Crippen molar-refractivity contribution in [2.45, 2.75) is 0 Å². The molecule has 0 unspecified atom stereocenters. The molecule has 0 aliphatic rings. The molecule has 0 N–H and O–H groups in total. The van der Waals surface area contributed by atoms with Gasteiger partial charge in [0.2, 0.25) is 0 Å². The summed E-state index contributed by atoms with van der Waals surface area (Å²) in [5, 5.41) is 25.2. The largest absolute Gasteiger partial charge is 0.907 e. The third-order valence-corrected chi connectivity index (χ3v) is 0. The summed E-state index contributed by atoms with van der Waals surface area (Å²) in [5.74, 6) is 0. The van der Waals surface area contributed by atoms with E-state index in [4.69, 9.17) is 15.1 Å². The van der Waals surface area contributed by atoms with Crippen molar-refractivity contribution in [2.24, 2.45) is 0 Å². The van der Waals surface area contributed by atoms with Gasteiger partial charge in [0.05, 0.1) is 0 Å². The maximum atomic E-state index is 8.42. The van der Waals surface area contributed by atoms with E-state index in [0.29, 0.717) is 0 Å². The third-order valence-electron chi connectivity index (χ3n) is 0. The van der Waals surface area contributed by atoms with Crippen LogP contribution in [0.3, 0.4) is 0 Å². The zero-order valence-corrected chi connectivity index (χ0v) is 10.8. The lowest BCUT2D eigenvalue weighted by Gasteiger charge is -2.35. The van der Waals surface area contributed by atoms with Crippen LogP contribution in [0, 0.1) is 0 Å². The smallest absolute Gasteiger partial charge is 0.267 e. The Hall–Kier alpha value is 0.596. The Morgan fingerprint density at radius 3 is 0.714 bits per heavy atom. The number of hydrogen-bond donors (Lipinski definition) is 0. The van der Waals surface area contributed by atoms with Crippen LogP contribution in [0.4, 0.5) is 0 Å². The van der Waals surface area contributed by atoms with Gasteiger partial charge in [-0.05, 0) is 0 Å². The molecule has 0 spiro atoms. The summed E-state index contributed by atoms with van der Waals surface area (Å²) in [7, 11) is -2.92. The second-order valence-electron chi connectivity index (χ2n) is 0.289. The highest BCUT2D eigenvalue weighted by Gasteiger charge is 1.17. The van der Waals surface area contributed by atoms with Crippen LogP contribution in [0.15, 0.2) is 0 Å². The van der Waals surface area contributed by atoms with Crippen molar-refractivity contribution in [3.05, 3.63) is 0 Å². The molecule has 0 aliphatic heterocycles. The molecular formula is H9BO3Si3. The predicted molar refractivity (Wildman–Crippen MR) is 35.6 cm³/mol. The van der Waals surface area contributed by atoms with Gasteiger partial charge in [0.25, 0.3) is 32.9 Å². The van der Waals surface area contributed by atoms with Crippen molar-refractivity contribution in [1.29, 1.82) is 0 Å². The van der Waals surface area contributed by atoms with Crippen molar-refractivity contribution in [3.63, 3.8) is 0 Å². The molecule has 3 nitrogen and oxygen atoms in total. The molecule has 0 atom stereocenters. The lowest BCUT2D eigenvalue weighted by Crippen LogP contribution is -2.56. The first-order chi connectivity index (χ1) is 1.73. The van der Waals surface area contributed by atoms with E-state index in [0.717, 1.165) is 0 Å². The third kappa shape index (κ3) is 393. The first-order valence-electron chi connectivity index (χ1n) is 0.707. The highest BCUT2D eigenvalue weighted by Crippen LogP contribution is 0.994. The Bertz CT molecular complexity index is 14.9. The molecule has 42 valence electrons. The lowest BCUT2D eigenvalue weighted by atomic mass is 10.3. The maximum absolute atomic E-state index is 8.42. The minimum Gasteiger partial charge on any atom is -0.907 e. The fraction of sp³-hybridized carbons (Fsp3) is 0. The van der Waals surface area contributed by atoms with E-state index in [1.165, 1.54) is 0 Å². The molecule has 7 heteroatoms. The van der Waals surface area contributed by atoms with Crippen LogP contribution in [0.2, 0.25) is 0 Å². The van der Waals surface area contributed by atoms with Gasteiger partial charge in [-0.3, -0.25) is 7.32 Å². The molecule has 0 aliphatic carbocycles. The van der Waals surface area contributed by atoms with Gasteiger partial charge in [-0.2, -0.15) is 0 Å². The van der Waals surface area contributed by atoms with E-state index in [1.807, 2.05) is 0 Å². The van der Waals surface area contributed by atoms with Gasteiger partial charge in [0.15, 0.2) is 0 Å². The molecule has 0 radical (unpaired) electrons. The zero-order valence-electron chi connectivity index (χ0n) is 4.80. The number of hydrogen-bond acceptors (Lipinski definition) is 3. The van der Waals surface area contributed by atoms with Gasteiger partial charge >= 0.3 is 0 Å². The van der Waals surface area contributed by atoms with Crippen molar-refractivity contribution < 1.29 is 15.1 Å². The Balaban J connectivity index is -0.0000000150. The molecule has 0 aromatic heterocycles. The van der Waals surface area contributed by atoms with Crippen LogP contribution >= 0.6 is 0 Å². The van der Waals surface area contributed by atoms with Crippen LogP contribution < -0.4 is 15.1 Å². The quantitative estimate of drug-likeness (QED) is 0.324. The molecule has 0 bridgehead atoms. The summed E-state index contributed by atoms with van der Waals surface area (Å²) < 4.78 is 0. The highest BCUT2D eigenvalue weighted by atomic mass is 28.1.